The predicted octanol–water partition coefficient (Wildman–Crippen LogP) is 5.10. The summed E-state index contributed by atoms with van der Waals surface area (Å²) in [6.45, 7) is 5.97. The lowest BCUT2D eigenvalue weighted by atomic mass is 10.2. The maximum Gasteiger partial charge on any atom is 0.164 e. The van der Waals surface area contributed by atoms with Gasteiger partial charge in [-0.3, -0.25) is 4.57 Å². The lowest BCUT2D eigenvalue weighted by molar-refractivity contribution is 0.875. The Labute approximate surface area is 137 Å². The number of aromatic nitrogens is 3. The van der Waals surface area contributed by atoms with Gasteiger partial charge in [-0.1, -0.05) is 15.9 Å². The zero-order valence-corrected chi connectivity index (χ0v) is 14.4. The minimum atomic E-state index is -0.191. The molecule has 0 spiro atoms. The van der Waals surface area contributed by atoms with Crippen LogP contribution in [-0.2, 0) is 0 Å². The average Bonchev–Trinajstić information content (AvgIpc) is 2.80. The van der Waals surface area contributed by atoms with Crippen LogP contribution in [0.1, 0.15) is 29.4 Å². The largest absolute Gasteiger partial charge is 0.279 e. The number of halogens is 2. The molecule has 0 aliphatic carbocycles. The fourth-order valence-corrected chi connectivity index (χ4v) is 2.75. The van der Waals surface area contributed by atoms with Gasteiger partial charge in [0.05, 0.1) is 5.38 Å². The van der Waals surface area contributed by atoms with Crippen LogP contribution in [0.4, 0.5) is 0 Å². The monoisotopic (exact) mass is 363 g/mol. The highest BCUT2D eigenvalue weighted by Gasteiger charge is 2.17. The standard InChI is InChI=1S/C16H15BrClN3/c1-9-8-12(5-6-13(9)17)21-15(11(3)18)20-14-7-4-10(2)19-16(14)21/h4-8,11H,1-3H3. The predicted molar refractivity (Wildman–Crippen MR) is 90.3 cm³/mol. The first-order valence-electron chi connectivity index (χ1n) is 6.74. The van der Waals surface area contributed by atoms with Crippen LogP contribution < -0.4 is 0 Å². The Bertz CT molecular complexity index is 824. The van der Waals surface area contributed by atoms with Crippen LogP contribution in [0.15, 0.2) is 34.8 Å². The smallest absolute Gasteiger partial charge is 0.164 e. The van der Waals surface area contributed by atoms with E-state index in [4.69, 9.17) is 11.6 Å². The molecule has 0 radical (unpaired) electrons. The third-order valence-electron chi connectivity index (χ3n) is 3.43. The quantitative estimate of drug-likeness (QED) is 0.592. The lowest BCUT2D eigenvalue weighted by Gasteiger charge is -2.11. The van der Waals surface area contributed by atoms with Crippen molar-refractivity contribution in [1.29, 1.82) is 0 Å². The van der Waals surface area contributed by atoms with Gasteiger partial charge in [0.25, 0.3) is 0 Å². The first-order valence-corrected chi connectivity index (χ1v) is 7.97. The number of hydrogen-bond acceptors (Lipinski definition) is 2. The SMILES string of the molecule is Cc1ccc2nc(C(C)Cl)n(-c3ccc(Br)c(C)c3)c2n1. The second kappa shape index (κ2) is 5.43. The van der Waals surface area contributed by atoms with Gasteiger partial charge in [0, 0.05) is 15.9 Å². The lowest BCUT2D eigenvalue weighted by Crippen LogP contribution is -2.03. The molecule has 3 rings (SSSR count). The zero-order chi connectivity index (χ0) is 15.1. The summed E-state index contributed by atoms with van der Waals surface area (Å²) >= 11 is 9.86. The molecule has 0 aliphatic rings. The maximum atomic E-state index is 6.32. The van der Waals surface area contributed by atoms with Crippen LogP contribution in [0.25, 0.3) is 16.9 Å². The van der Waals surface area contributed by atoms with Crippen LogP contribution in [-0.4, -0.2) is 14.5 Å². The first-order chi connectivity index (χ1) is 9.97. The molecule has 0 N–H and O–H groups in total. The van der Waals surface area contributed by atoms with E-state index < -0.39 is 0 Å². The van der Waals surface area contributed by atoms with Gasteiger partial charge in [0.15, 0.2) is 5.65 Å². The maximum absolute atomic E-state index is 6.32. The van der Waals surface area contributed by atoms with Crippen LogP contribution in [0.3, 0.4) is 0 Å². The van der Waals surface area contributed by atoms with E-state index in [-0.39, 0.29) is 5.38 Å². The van der Waals surface area contributed by atoms with Gasteiger partial charge in [-0.25, -0.2) is 9.97 Å². The summed E-state index contributed by atoms with van der Waals surface area (Å²) in [6, 6.07) is 10.1. The fourth-order valence-electron chi connectivity index (χ4n) is 2.36. The average molecular weight is 365 g/mol. The summed E-state index contributed by atoms with van der Waals surface area (Å²) in [5.41, 5.74) is 4.86. The molecule has 21 heavy (non-hydrogen) atoms. The van der Waals surface area contributed by atoms with E-state index >= 15 is 0 Å². The minimum Gasteiger partial charge on any atom is -0.279 e. The van der Waals surface area contributed by atoms with Crippen LogP contribution in [0.2, 0.25) is 0 Å². The Morgan fingerprint density at radius 1 is 1.14 bits per heavy atom. The summed E-state index contributed by atoms with van der Waals surface area (Å²) in [5.74, 6) is 0.812. The molecule has 1 aromatic carbocycles. The Kier molecular flexibility index (Phi) is 3.76. The van der Waals surface area contributed by atoms with Gasteiger partial charge in [0.2, 0.25) is 0 Å². The molecule has 108 valence electrons. The van der Waals surface area contributed by atoms with Crippen LogP contribution >= 0.6 is 27.5 Å². The second-order valence-corrected chi connectivity index (χ2v) is 6.66. The van der Waals surface area contributed by atoms with E-state index in [1.807, 2.05) is 42.7 Å². The number of pyridine rings is 1. The minimum absolute atomic E-state index is 0.191. The number of benzene rings is 1. The van der Waals surface area contributed by atoms with Gasteiger partial charge >= 0.3 is 0 Å². The first kappa shape index (κ1) is 14.5. The molecule has 3 nitrogen and oxygen atoms in total. The van der Waals surface area contributed by atoms with Crippen molar-refractivity contribution >= 4 is 38.7 Å². The van der Waals surface area contributed by atoms with Crippen molar-refractivity contribution in [3.63, 3.8) is 0 Å². The summed E-state index contributed by atoms with van der Waals surface area (Å²) in [6.07, 6.45) is 0. The van der Waals surface area contributed by atoms with Crippen LogP contribution in [0, 0.1) is 13.8 Å². The second-order valence-electron chi connectivity index (χ2n) is 5.15. The third-order valence-corrected chi connectivity index (χ3v) is 4.51. The Balaban J connectivity index is 2.35. The Morgan fingerprint density at radius 2 is 1.90 bits per heavy atom. The molecular weight excluding hydrogens is 350 g/mol. The summed E-state index contributed by atoms with van der Waals surface area (Å²) < 4.78 is 3.12. The highest BCUT2D eigenvalue weighted by Crippen LogP contribution is 2.29. The molecule has 1 unspecified atom stereocenters. The van der Waals surface area contributed by atoms with E-state index in [0.717, 1.165) is 38.4 Å². The number of aryl methyl sites for hydroxylation is 2. The fraction of sp³-hybridized carbons (Fsp3) is 0.250. The van der Waals surface area contributed by atoms with Crippen molar-refractivity contribution in [1.82, 2.24) is 14.5 Å². The highest BCUT2D eigenvalue weighted by molar-refractivity contribution is 9.10. The molecule has 0 saturated heterocycles. The molecule has 1 atom stereocenters. The number of hydrogen-bond donors (Lipinski definition) is 0. The van der Waals surface area contributed by atoms with E-state index in [1.165, 1.54) is 0 Å². The number of imidazole rings is 1. The van der Waals surface area contributed by atoms with Gasteiger partial charge in [-0.05, 0) is 56.7 Å². The molecular formula is C16H15BrClN3. The highest BCUT2D eigenvalue weighted by atomic mass is 79.9. The Hall–Kier alpha value is -1.39. The number of rotatable bonds is 2. The van der Waals surface area contributed by atoms with Crippen molar-refractivity contribution in [3.05, 3.63) is 51.9 Å². The van der Waals surface area contributed by atoms with E-state index in [2.05, 4.69) is 38.9 Å². The molecule has 2 heterocycles. The van der Waals surface area contributed by atoms with Gasteiger partial charge in [0.1, 0.15) is 11.3 Å². The Morgan fingerprint density at radius 3 is 2.57 bits per heavy atom. The van der Waals surface area contributed by atoms with Gasteiger partial charge in [-0.15, -0.1) is 11.6 Å². The molecule has 3 aromatic rings. The topological polar surface area (TPSA) is 30.7 Å². The van der Waals surface area contributed by atoms with Crippen molar-refractivity contribution in [2.24, 2.45) is 0 Å². The molecule has 0 fully saturated rings. The van der Waals surface area contributed by atoms with Crippen LogP contribution in [0.5, 0.6) is 0 Å². The van der Waals surface area contributed by atoms with Crippen molar-refractivity contribution < 1.29 is 0 Å². The van der Waals surface area contributed by atoms with E-state index in [1.54, 1.807) is 0 Å². The number of nitrogens with zero attached hydrogens (tertiary/aromatic N) is 3. The normalized spacial score (nSPS) is 12.8. The summed E-state index contributed by atoms with van der Waals surface area (Å²) in [5, 5.41) is -0.191. The summed E-state index contributed by atoms with van der Waals surface area (Å²) in [7, 11) is 0. The number of alkyl halides is 1. The van der Waals surface area contributed by atoms with E-state index in [9.17, 15) is 0 Å². The van der Waals surface area contributed by atoms with Gasteiger partial charge < -0.3 is 0 Å². The molecule has 2 aromatic heterocycles. The molecule has 5 heteroatoms. The zero-order valence-electron chi connectivity index (χ0n) is 12.1. The third kappa shape index (κ3) is 2.58. The van der Waals surface area contributed by atoms with Gasteiger partial charge in [-0.2, -0.15) is 0 Å². The molecule has 0 saturated carbocycles. The van der Waals surface area contributed by atoms with Crippen molar-refractivity contribution in [2.45, 2.75) is 26.1 Å². The molecule has 0 bridgehead atoms. The number of fused-ring (bicyclic) bond motifs is 1. The van der Waals surface area contributed by atoms with E-state index in [0.29, 0.717) is 0 Å². The molecule has 0 amide bonds. The molecule has 0 aliphatic heterocycles. The summed E-state index contributed by atoms with van der Waals surface area (Å²) in [4.78, 5) is 9.28. The van der Waals surface area contributed by atoms with Crippen molar-refractivity contribution in [3.8, 4) is 5.69 Å². The van der Waals surface area contributed by atoms with Crippen molar-refractivity contribution in [2.75, 3.05) is 0 Å².